The van der Waals surface area contributed by atoms with Crippen LogP contribution in [0.4, 0.5) is 0 Å². The van der Waals surface area contributed by atoms with Gasteiger partial charge in [-0.3, -0.25) is 4.79 Å². The van der Waals surface area contributed by atoms with E-state index in [-0.39, 0.29) is 17.7 Å². The maximum Gasteiger partial charge on any atom is 0.182 e. The summed E-state index contributed by atoms with van der Waals surface area (Å²) in [6, 6.07) is 0.114. The SMILES string of the molecule is COCC1C=C(C(=O)C(C)C)N(C)N1. The molecule has 1 aliphatic heterocycles. The average Bonchev–Trinajstić information content (AvgIpc) is 2.46. The highest BCUT2D eigenvalue weighted by Gasteiger charge is 2.25. The number of hydrazine groups is 1. The molecule has 0 fully saturated rings. The zero-order chi connectivity index (χ0) is 10.7. The van der Waals surface area contributed by atoms with Gasteiger partial charge in [0.25, 0.3) is 0 Å². The summed E-state index contributed by atoms with van der Waals surface area (Å²) in [6.45, 7) is 4.39. The molecule has 0 spiro atoms. The third kappa shape index (κ3) is 2.33. The molecule has 1 aliphatic rings. The van der Waals surface area contributed by atoms with Gasteiger partial charge in [-0.1, -0.05) is 13.8 Å². The second-order valence-corrected chi connectivity index (χ2v) is 3.82. The fourth-order valence-electron chi connectivity index (χ4n) is 1.47. The van der Waals surface area contributed by atoms with Crippen molar-refractivity contribution in [3.05, 3.63) is 11.8 Å². The van der Waals surface area contributed by atoms with E-state index < -0.39 is 0 Å². The van der Waals surface area contributed by atoms with Crippen molar-refractivity contribution in [1.82, 2.24) is 10.4 Å². The molecule has 0 saturated heterocycles. The molecule has 1 rings (SSSR count). The Labute approximate surface area is 84.9 Å². The Morgan fingerprint density at radius 2 is 2.36 bits per heavy atom. The van der Waals surface area contributed by atoms with Gasteiger partial charge in [0.2, 0.25) is 0 Å². The first-order chi connectivity index (χ1) is 6.56. The number of carbonyl (C=O) groups is 1. The van der Waals surface area contributed by atoms with E-state index >= 15 is 0 Å². The van der Waals surface area contributed by atoms with Crippen molar-refractivity contribution in [1.29, 1.82) is 0 Å². The number of carbonyl (C=O) groups excluding carboxylic acids is 1. The van der Waals surface area contributed by atoms with Gasteiger partial charge < -0.3 is 9.75 Å². The van der Waals surface area contributed by atoms with Crippen LogP contribution in [-0.2, 0) is 9.53 Å². The molecular weight excluding hydrogens is 180 g/mol. The van der Waals surface area contributed by atoms with Gasteiger partial charge in [-0.2, -0.15) is 0 Å². The minimum atomic E-state index is 0.0341. The van der Waals surface area contributed by atoms with Gasteiger partial charge >= 0.3 is 0 Å². The molecule has 1 atom stereocenters. The van der Waals surface area contributed by atoms with E-state index in [0.29, 0.717) is 6.61 Å². The Morgan fingerprint density at radius 1 is 1.71 bits per heavy atom. The summed E-state index contributed by atoms with van der Waals surface area (Å²) in [5.74, 6) is 0.199. The third-order valence-electron chi connectivity index (χ3n) is 2.20. The minimum absolute atomic E-state index is 0.0341. The quantitative estimate of drug-likeness (QED) is 0.716. The maximum absolute atomic E-state index is 11.7. The molecule has 4 nitrogen and oxygen atoms in total. The van der Waals surface area contributed by atoms with Crippen LogP contribution in [0.1, 0.15) is 13.8 Å². The minimum Gasteiger partial charge on any atom is -0.383 e. The first kappa shape index (κ1) is 11.2. The highest BCUT2D eigenvalue weighted by molar-refractivity contribution is 5.96. The molecule has 0 aromatic rings. The number of hydrogen-bond donors (Lipinski definition) is 1. The fraction of sp³-hybridized carbons (Fsp3) is 0.700. The molecule has 14 heavy (non-hydrogen) atoms. The molecule has 1 N–H and O–H groups in total. The van der Waals surface area contributed by atoms with E-state index in [1.54, 1.807) is 12.1 Å². The lowest BCUT2D eigenvalue weighted by molar-refractivity contribution is -0.119. The molecule has 0 bridgehead atoms. The highest BCUT2D eigenvalue weighted by atomic mass is 16.5. The Balaban J connectivity index is 2.68. The van der Waals surface area contributed by atoms with Crippen molar-refractivity contribution < 1.29 is 9.53 Å². The second kappa shape index (κ2) is 4.57. The Bertz CT molecular complexity index is 249. The summed E-state index contributed by atoms with van der Waals surface area (Å²) in [6.07, 6.45) is 1.92. The van der Waals surface area contributed by atoms with Crippen LogP contribution in [0.3, 0.4) is 0 Å². The van der Waals surface area contributed by atoms with E-state index in [1.165, 1.54) is 0 Å². The number of allylic oxidation sites excluding steroid dienone is 1. The monoisotopic (exact) mass is 198 g/mol. The van der Waals surface area contributed by atoms with Crippen molar-refractivity contribution in [2.45, 2.75) is 19.9 Å². The fourth-order valence-corrected chi connectivity index (χ4v) is 1.47. The molecule has 4 heteroatoms. The van der Waals surface area contributed by atoms with Crippen molar-refractivity contribution in [2.75, 3.05) is 20.8 Å². The summed E-state index contributed by atoms with van der Waals surface area (Å²) in [5.41, 5.74) is 3.87. The van der Waals surface area contributed by atoms with Crippen molar-refractivity contribution >= 4 is 5.78 Å². The van der Waals surface area contributed by atoms with Crippen LogP contribution < -0.4 is 5.43 Å². The van der Waals surface area contributed by atoms with Gasteiger partial charge in [0.15, 0.2) is 5.78 Å². The summed E-state index contributed by atoms with van der Waals surface area (Å²) in [4.78, 5) is 11.7. The predicted molar refractivity (Wildman–Crippen MR) is 54.5 cm³/mol. The normalized spacial score (nSPS) is 21.6. The van der Waals surface area contributed by atoms with Crippen LogP contribution in [-0.4, -0.2) is 37.6 Å². The first-order valence-electron chi connectivity index (χ1n) is 4.81. The Morgan fingerprint density at radius 3 is 2.86 bits per heavy atom. The molecule has 1 unspecified atom stereocenters. The maximum atomic E-state index is 11.7. The average molecular weight is 198 g/mol. The molecule has 0 aliphatic carbocycles. The first-order valence-corrected chi connectivity index (χ1v) is 4.81. The van der Waals surface area contributed by atoms with E-state index in [1.807, 2.05) is 27.0 Å². The second-order valence-electron chi connectivity index (χ2n) is 3.82. The van der Waals surface area contributed by atoms with Gasteiger partial charge in [-0.15, -0.1) is 0 Å². The lowest BCUT2D eigenvalue weighted by Gasteiger charge is -2.18. The zero-order valence-electron chi connectivity index (χ0n) is 9.20. The van der Waals surface area contributed by atoms with Gasteiger partial charge in [0.05, 0.1) is 18.3 Å². The Hall–Kier alpha value is -0.870. The highest BCUT2D eigenvalue weighted by Crippen LogP contribution is 2.15. The van der Waals surface area contributed by atoms with Crippen LogP contribution >= 0.6 is 0 Å². The predicted octanol–water partition coefficient (Wildman–Crippen LogP) is 0.560. The third-order valence-corrected chi connectivity index (χ3v) is 2.20. The van der Waals surface area contributed by atoms with Gasteiger partial charge in [0.1, 0.15) is 0 Å². The summed E-state index contributed by atoms with van der Waals surface area (Å²) in [5, 5.41) is 1.77. The molecule has 0 aromatic carbocycles. The number of hydrogen-bond acceptors (Lipinski definition) is 4. The molecule has 0 radical (unpaired) electrons. The Kier molecular flexibility index (Phi) is 3.66. The lowest BCUT2D eigenvalue weighted by atomic mass is 10.1. The van der Waals surface area contributed by atoms with Crippen LogP contribution in [0, 0.1) is 5.92 Å². The van der Waals surface area contributed by atoms with Crippen molar-refractivity contribution in [3.63, 3.8) is 0 Å². The number of rotatable bonds is 4. The van der Waals surface area contributed by atoms with E-state index in [0.717, 1.165) is 5.70 Å². The largest absolute Gasteiger partial charge is 0.383 e. The van der Waals surface area contributed by atoms with E-state index in [4.69, 9.17) is 4.74 Å². The van der Waals surface area contributed by atoms with E-state index in [9.17, 15) is 4.79 Å². The van der Waals surface area contributed by atoms with Crippen molar-refractivity contribution in [3.8, 4) is 0 Å². The molecular formula is C10H18N2O2. The molecule has 1 heterocycles. The number of nitrogens with one attached hydrogen (secondary N) is 1. The number of likely N-dealkylation sites (N-methyl/N-ethyl adjacent to an activating group) is 1. The van der Waals surface area contributed by atoms with Crippen LogP contribution in [0.25, 0.3) is 0 Å². The molecule has 0 saturated carbocycles. The summed E-state index contributed by atoms with van der Waals surface area (Å²) >= 11 is 0. The van der Waals surface area contributed by atoms with E-state index in [2.05, 4.69) is 5.43 Å². The number of Topliss-reactive ketones (excluding diaryl/α,β-unsaturated/α-hetero) is 1. The zero-order valence-corrected chi connectivity index (χ0v) is 9.20. The number of ketones is 1. The number of methoxy groups -OCH3 is 1. The number of nitrogens with zero attached hydrogens (tertiary/aromatic N) is 1. The summed E-state index contributed by atoms with van der Waals surface area (Å²) in [7, 11) is 3.50. The van der Waals surface area contributed by atoms with Gasteiger partial charge in [-0.25, -0.2) is 5.43 Å². The van der Waals surface area contributed by atoms with Crippen LogP contribution in [0.2, 0.25) is 0 Å². The van der Waals surface area contributed by atoms with Crippen LogP contribution in [0.5, 0.6) is 0 Å². The standard InChI is InChI=1S/C10H18N2O2/c1-7(2)10(13)9-5-8(6-14-4)11-12(9)3/h5,7-8,11H,6H2,1-4H3. The van der Waals surface area contributed by atoms with Crippen molar-refractivity contribution in [2.24, 2.45) is 5.92 Å². The van der Waals surface area contributed by atoms with Gasteiger partial charge in [-0.05, 0) is 6.08 Å². The molecule has 0 aromatic heterocycles. The van der Waals surface area contributed by atoms with Crippen LogP contribution in [0.15, 0.2) is 11.8 Å². The van der Waals surface area contributed by atoms with Gasteiger partial charge in [0, 0.05) is 20.1 Å². The summed E-state index contributed by atoms with van der Waals surface area (Å²) < 4.78 is 5.02. The molecule has 80 valence electrons. The molecule has 0 amide bonds. The number of ether oxygens (including phenoxy) is 1. The lowest BCUT2D eigenvalue weighted by Crippen LogP contribution is -2.37. The smallest absolute Gasteiger partial charge is 0.182 e. The topological polar surface area (TPSA) is 41.6 Å².